The average molecular weight is 358 g/mol. The van der Waals surface area contributed by atoms with Crippen molar-refractivity contribution in [3.63, 3.8) is 0 Å². The van der Waals surface area contributed by atoms with Crippen molar-refractivity contribution in [1.82, 2.24) is 5.32 Å². The van der Waals surface area contributed by atoms with Gasteiger partial charge in [-0.25, -0.2) is 0 Å². The number of methoxy groups -OCH3 is 1. The third-order valence-electron chi connectivity index (χ3n) is 3.61. The normalized spacial score (nSPS) is 11.3. The van der Waals surface area contributed by atoms with Crippen LogP contribution in [0.25, 0.3) is 0 Å². The molecule has 1 N–H and O–H groups in total. The Kier molecular flexibility index (Phi) is 6.26. The molecule has 2 rings (SSSR count). The Morgan fingerprint density at radius 3 is 2.54 bits per heavy atom. The van der Waals surface area contributed by atoms with E-state index in [0.717, 1.165) is 11.6 Å². The highest BCUT2D eigenvalue weighted by atomic mass is 16.6. The van der Waals surface area contributed by atoms with Crippen LogP contribution in [0.4, 0.5) is 5.69 Å². The molecule has 8 heteroatoms. The highest BCUT2D eigenvalue weighted by Gasteiger charge is 2.21. The third-order valence-corrected chi connectivity index (χ3v) is 3.61. The molecule has 0 saturated heterocycles. The van der Waals surface area contributed by atoms with E-state index >= 15 is 0 Å². The molecule has 0 aliphatic rings. The highest BCUT2D eigenvalue weighted by Crippen LogP contribution is 2.28. The summed E-state index contributed by atoms with van der Waals surface area (Å²) in [7, 11) is 1.57. The summed E-state index contributed by atoms with van der Waals surface area (Å²) in [5.41, 5.74) is 0.651. The average Bonchev–Trinajstić information content (AvgIpc) is 2.66. The van der Waals surface area contributed by atoms with Crippen molar-refractivity contribution >= 4 is 17.9 Å². The Bertz CT molecular complexity index is 804. The third kappa shape index (κ3) is 4.79. The second-order valence-corrected chi connectivity index (χ2v) is 5.43. The van der Waals surface area contributed by atoms with E-state index in [2.05, 4.69) is 5.32 Å². The Hall–Kier alpha value is -3.42. The maximum absolute atomic E-state index is 12.2. The van der Waals surface area contributed by atoms with Gasteiger partial charge in [-0.3, -0.25) is 19.7 Å². The molecule has 26 heavy (non-hydrogen) atoms. The molecule has 0 bridgehead atoms. The first kappa shape index (κ1) is 18.9. The fraction of sp³-hybridized carbons (Fsp3) is 0.222. The Balaban J connectivity index is 2.00. The van der Waals surface area contributed by atoms with E-state index in [0.29, 0.717) is 12.0 Å². The molecule has 0 unspecified atom stereocenters. The highest BCUT2D eigenvalue weighted by molar-refractivity contribution is 5.81. The number of amides is 1. The van der Waals surface area contributed by atoms with Gasteiger partial charge < -0.3 is 14.8 Å². The van der Waals surface area contributed by atoms with Crippen LogP contribution in [-0.4, -0.2) is 30.3 Å². The molecule has 0 spiro atoms. The van der Waals surface area contributed by atoms with E-state index < -0.39 is 16.9 Å². The summed E-state index contributed by atoms with van der Waals surface area (Å²) < 4.78 is 10.5. The van der Waals surface area contributed by atoms with E-state index in [4.69, 9.17) is 9.47 Å². The van der Waals surface area contributed by atoms with Crippen molar-refractivity contribution < 1.29 is 24.0 Å². The monoisotopic (exact) mass is 358 g/mol. The van der Waals surface area contributed by atoms with Crippen LogP contribution in [0.15, 0.2) is 42.5 Å². The summed E-state index contributed by atoms with van der Waals surface area (Å²) in [6, 6.07) is 11.0. The van der Waals surface area contributed by atoms with Gasteiger partial charge in [-0.2, -0.15) is 0 Å². The van der Waals surface area contributed by atoms with Gasteiger partial charge in [0.15, 0.2) is 11.9 Å². The minimum absolute atomic E-state index is 0.0762. The summed E-state index contributed by atoms with van der Waals surface area (Å²) >= 11 is 0. The molecule has 0 aliphatic heterocycles. The molecule has 0 saturated carbocycles. The summed E-state index contributed by atoms with van der Waals surface area (Å²) in [6.07, 6.45) is -0.448. The van der Waals surface area contributed by atoms with Crippen LogP contribution in [-0.2, 0) is 11.3 Å². The number of benzene rings is 2. The van der Waals surface area contributed by atoms with E-state index in [9.17, 15) is 19.7 Å². The lowest BCUT2D eigenvalue weighted by Gasteiger charge is -2.15. The molecule has 2 aromatic rings. The van der Waals surface area contributed by atoms with E-state index in [1.54, 1.807) is 19.2 Å². The zero-order chi connectivity index (χ0) is 19.1. The topological polar surface area (TPSA) is 108 Å². The SMILES string of the molecule is COc1ccc(CNC(=O)[C@@H](C)Oc2ccc(C=O)cc2[N+](=O)[O-])cc1. The van der Waals surface area contributed by atoms with Gasteiger partial charge in [0.1, 0.15) is 12.0 Å². The number of hydrogen-bond acceptors (Lipinski definition) is 6. The molecule has 136 valence electrons. The van der Waals surface area contributed by atoms with Crippen molar-refractivity contribution in [3.8, 4) is 11.5 Å². The van der Waals surface area contributed by atoms with Crippen LogP contribution in [0.3, 0.4) is 0 Å². The molecular formula is C18H18N2O6. The van der Waals surface area contributed by atoms with Crippen LogP contribution in [0.5, 0.6) is 11.5 Å². The van der Waals surface area contributed by atoms with Gasteiger partial charge in [-0.1, -0.05) is 12.1 Å². The number of carbonyl (C=O) groups is 2. The second kappa shape index (κ2) is 8.61. The molecule has 0 radical (unpaired) electrons. The maximum atomic E-state index is 12.2. The van der Waals surface area contributed by atoms with Crippen molar-refractivity contribution in [1.29, 1.82) is 0 Å². The van der Waals surface area contributed by atoms with Gasteiger partial charge in [-0.05, 0) is 36.8 Å². The zero-order valence-corrected chi connectivity index (χ0v) is 14.3. The summed E-state index contributed by atoms with van der Waals surface area (Å²) in [4.78, 5) is 33.3. The van der Waals surface area contributed by atoms with E-state index in [1.807, 2.05) is 12.1 Å². The molecule has 1 atom stereocenters. The zero-order valence-electron chi connectivity index (χ0n) is 14.3. The van der Waals surface area contributed by atoms with Crippen LogP contribution in [0.2, 0.25) is 0 Å². The number of nitro groups is 1. The number of hydrogen-bond donors (Lipinski definition) is 1. The molecule has 2 aromatic carbocycles. The van der Waals surface area contributed by atoms with E-state index in [-0.39, 0.29) is 23.5 Å². The van der Waals surface area contributed by atoms with Crippen LogP contribution in [0, 0.1) is 10.1 Å². The lowest BCUT2D eigenvalue weighted by molar-refractivity contribution is -0.386. The van der Waals surface area contributed by atoms with Crippen molar-refractivity contribution in [3.05, 3.63) is 63.7 Å². The lowest BCUT2D eigenvalue weighted by atomic mass is 10.2. The van der Waals surface area contributed by atoms with Gasteiger partial charge in [0.2, 0.25) is 0 Å². The van der Waals surface area contributed by atoms with Gasteiger partial charge in [-0.15, -0.1) is 0 Å². The quantitative estimate of drug-likeness (QED) is 0.441. The van der Waals surface area contributed by atoms with Crippen molar-refractivity contribution in [2.45, 2.75) is 19.6 Å². The number of nitrogens with one attached hydrogen (secondary N) is 1. The minimum Gasteiger partial charge on any atom is -0.497 e. The van der Waals surface area contributed by atoms with Crippen LogP contribution < -0.4 is 14.8 Å². The Morgan fingerprint density at radius 2 is 1.96 bits per heavy atom. The van der Waals surface area contributed by atoms with Crippen molar-refractivity contribution in [2.75, 3.05) is 7.11 Å². The minimum atomic E-state index is -0.950. The summed E-state index contributed by atoms with van der Waals surface area (Å²) in [5.74, 6) is 0.213. The second-order valence-electron chi connectivity index (χ2n) is 5.43. The van der Waals surface area contributed by atoms with Crippen LogP contribution >= 0.6 is 0 Å². The van der Waals surface area contributed by atoms with Crippen molar-refractivity contribution in [2.24, 2.45) is 0 Å². The fourth-order valence-corrected chi connectivity index (χ4v) is 2.17. The molecule has 1 amide bonds. The molecular weight excluding hydrogens is 340 g/mol. The van der Waals surface area contributed by atoms with E-state index in [1.165, 1.54) is 19.1 Å². The molecule has 0 heterocycles. The number of nitro benzene ring substituents is 1. The van der Waals surface area contributed by atoms with Gasteiger partial charge >= 0.3 is 5.69 Å². The van der Waals surface area contributed by atoms with Gasteiger partial charge in [0.25, 0.3) is 5.91 Å². The number of rotatable bonds is 8. The standard InChI is InChI=1S/C18H18N2O6/c1-12(18(22)19-10-13-3-6-15(25-2)7-4-13)26-17-8-5-14(11-21)9-16(17)20(23)24/h3-9,11-12H,10H2,1-2H3,(H,19,22)/t12-/m1/s1. The first-order valence-electron chi connectivity index (χ1n) is 7.75. The predicted molar refractivity (Wildman–Crippen MR) is 93.4 cm³/mol. The molecule has 8 nitrogen and oxygen atoms in total. The Labute approximate surface area is 149 Å². The first-order chi connectivity index (χ1) is 12.4. The maximum Gasteiger partial charge on any atom is 0.311 e. The fourth-order valence-electron chi connectivity index (χ4n) is 2.17. The molecule has 0 aromatic heterocycles. The summed E-state index contributed by atoms with van der Waals surface area (Å²) in [5, 5.41) is 13.8. The Morgan fingerprint density at radius 1 is 1.27 bits per heavy atom. The lowest BCUT2D eigenvalue weighted by Crippen LogP contribution is -2.36. The first-order valence-corrected chi connectivity index (χ1v) is 7.75. The molecule has 0 aliphatic carbocycles. The molecule has 0 fully saturated rings. The predicted octanol–water partition coefficient (Wildman–Crippen LogP) is 2.50. The smallest absolute Gasteiger partial charge is 0.311 e. The number of carbonyl (C=O) groups excluding carboxylic acids is 2. The van der Waals surface area contributed by atoms with Gasteiger partial charge in [0.05, 0.1) is 12.0 Å². The van der Waals surface area contributed by atoms with Gasteiger partial charge in [0, 0.05) is 18.2 Å². The van der Waals surface area contributed by atoms with Crippen LogP contribution in [0.1, 0.15) is 22.8 Å². The number of ether oxygens (including phenoxy) is 2. The summed E-state index contributed by atoms with van der Waals surface area (Å²) in [6.45, 7) is 1.77. The number of aldehydes is 1. The largest absolute Gasteiger partial charge is 0.497 e. The number of nitrogens with zero attached hydrogens (tertiary/aromatic N) is 1.